The summed E-state index contributed by atoms with van der Waals surface area (Å²) in [7, 11) is 1.54. The van der Waals surface area contributed by atoms with Crippen molar-refractivity contribution in [3.63, 3.8) is 0 Å². The quantitative estimate of drug-likeness (QED) is 0.0243. The zero-order chi connectivity index (χ0) is 48.5. The number of allylic oxidation sites excluding steroid dienone is 9. The van der Waals surface area contributed by atoms with E-state index in [1.165, 1.54) is 173 Å². The number of carbonyl (C=O) groups excluding carboxylic acids is 1. The van der Waals surface area contributed by atoms with Crippen LogP contribution >= 0.6 is 7.82 Å². The molecule has 0 bridgehead atoms. The molecule has 9 heteroatoms. The first-order valence-electron chi connectivity index (χ1n) is 27.6. The minimum Gasteiger partial charge on any atom is -0.387 e. The van der Waals surface area contributed by atoms with Gasteiger partial charge in [-0.05, 0) is 71.1 Å². The maximum absolute atomic E-state index is 12.9. The summed E-state index contributed by atoms with van der Waals surface area (Å²) in [6.07, 6.45) is 65.2. The van der Waals surface area contributed by atoms with Crippen molar-refractivity contribution in [3.8, 4) is 0 Å². The highest BCUT2D eigenvalue weighted by Gasteiger charge is 2.27. The molecular formula is C57H108N2O6P+. The SMILES string of the molecule is C/C=C/CC/C=C/CC/C=C/C(O)C(COP(=O)(O)OCC[N+](C)(C)C)NC(=O)CCCCCCCCCCCCCCCCCCC/C=C\C/C=C\CCCCCCCCCCCCC. The number of nitrogens with one attached hydrogen (secondary N) is 1. The molecule has 386 valence electrons. The molecule has 1 amide bonds. The summed E-state index contributed by atoms with van der Waals surface area (Å²) in [5.74, 6) is -0.194. The van der Waals surface area contributed by atoms with Crippen molar-refractivity contribution in [1.82, 2.24) is 5.32 Å². The molecule has 0 radical (unpaired) electrons. The Morgan fingerprint density at radius 3 is 1.38 bits per heavy atom. The topological polar surface area (TPSA) is 105 Å². The molecule has 0 aromatic rings. The van der Waals surface area contributed by atoms with Gasteiger partial charge in [0.25, 0.3) is 0 Å². The molecule has 0 aliphatic rings. The minimum absolute atomic E-state index is 0.0521. The van der Waals surface area contributed by atoms with Gasteiger partial charge in [-0.2, -0.15) is 0 Å². The predicted molar refractivity (Wildman–Crippen MR) is 286 cm³/mol. The van der Waals surface area contributed by atoms with Crippen LogP contribution < -0.4 is 5.32 Å². The number of hydrogen-bond acceptors (Lipinski definition) is 5. The van der Waals surface area contributed by atoms with E-state index in [1.807, 2.05) is 34.1 Å². The molecule has 0 aromatic carbocycles. The Kier molecular flexibility index (Phi) is 46.9. The van der Waals surface area contributed by atoms with Crippen LogP contribution in [0.15, 0.2) is 60.8 Å². The summed E-state index contributed by atoms with van der Waals surface area (Å²) in [6, 6.07) is -0.868. The highest BCUT2D eigenvalue weighted by molar-refractivity contribution is 7.47. The Labute approximate surface area is 409 Å². The molecule has 0 fully saturated rings. The van der Waals surface area contributed by atoms with Crippen LogP contribution in [0.4, 0.5) is 0 Å². The molecule has 0 aromatic heterocycles. The van der Waals surface area contributed by atoms with Gasteiger partial charge in [-0.15, -0.1) is 0 Å². The molecule has 3 atom stereocenters. The van der Waals surface area contributed by atoms with Crippen LogP contribution in [-0.4, -0.2) is 73.4 Å². The number of hydrogen-bond donors (Lipinski definition) is 3. The van der Waals surface area contributed by atoms with Crippen molar-refractivity contribution in [1.29, 1.82) is 0 Å². The Morgan fingerprint density at radius 2 is 0.939 bits per heavy atom. The molecule has 0 saturated heterocycles. The Hall–Kier alpha value is -1.80. The van der Waals surface area contributed by atoms with E-state index in [4.69, 9.17) is 9.05 Å². The summed E-state index contributed by atoms with van der Waals surface area (Å²) < 4.78 is 23.5. The third kappa shape index (κ3) is 50.1. The van der Waals surface area contributed by atoms with Gasteiger partial charge in [0.15, 0.2) is 0 Å². The molecule has 0 heterocycles. The Balaban J connectivity index is 3.91. The average molecular weight is 948 g/mol. The molecule has 3 N–H and O–H groups in total. The number of aliphatic hydroxyl groups is 1. The fourth-order valence-corrected chi connectivity index (χ4v) is 8.67. The Bertz CT molecular complexity index is 1260. The van der Waals surface area contributed by atoms with Gasteiger partial charge in [-0.25, -0.2) is 4.57 Å². The zero-order valence-electron chi connectivity index (χ0n) is 43.9. The van der Waals surface area contributed by atoms with Crippen LogP contribution in [0.5, 0.6) is 0 Å². The monoisotopic (exact) mass is 948 g/mol. The molecule has 3 unspecified atom stereocenters. The van der Waals surface area contributed by atoms with Gasteiger partial charge in [0, 0.05) is 6.42 Å². The lowest BCUT2D eigenvalue weighted by molar-refractivity contribution is -0.870. The first-order chi connectivity index (χ1) is 32.0. The maximum Gasteiger partial charge on any atom is 0.472 e. The molecular weight excluding hydrogens is 840 g/mol. The lowest BCUT2D eigenvalue weighted by Crippen LogP contribution is -2.45. The number of likely N-dealkylation sites (N-methyl/N-ethyl adjacent to an activating group) is 1. The van der Waals surface area contributed by atoms with E-state index in [0.717, 1.165) is 51.4 Å². The van der Waals surface area contributed by atoms with Gasteiger partial charge in [0.1, 0.15) is 13.2 Å². The van der Waals surface area contributed by atoms with Crippen molar-refractivity contribution in [2.24, 2.45) is 0 Å². The smallest absolute Gasteiger partial charge is 0.387 e. The van der Waals surface area contributed by atoms with E-state index in [-0.39, 0.29) is 19.1 Å². The summed E-state index contributed by atoms with van der Waals surface area (Å²) in [5, 5.41) is 13.8. The number of unbranched alkanes of at least 4 members (excludes halogenated alkanes) is 30. The lowest BCUT2D eigenvalue weighted by Gasteiger charge is -2.25. The van der Waals surface area contributed by atoms with Crippen molar-refractivity contribution < 1.29 is 32.9 Å². The number of phosphoric ester groups is 1. The number of nitrogens with zero attached hydrogens (tertiary/aromatic N) is 1. The largest absolute Gasteiger partial charge is 0.472 e. The number of aliphatic hydroxyl groups excluding tert-OH is 1. The lowest BCUT2D eigenvalue weighted by atomic mass is 10.0. The second-order valence-corrected chi connectivity index (χ2v) is 21.4. The summed E-state index contributed by atoms with van der Waals surface area (Å²) in [4.78, 5) is 23.1. The van der Waals surface area contributed by atoms with Crippen molar-refractivity contribution in [2.75, 3.05) is 40.9 Å². The molecule has 66 heavy (non-hydrogen) atoms. The zero-order valence-corrected chi connectivity index (χ0v) is 44.8. The minimum atomic E-state index is -4.35. The van der Waals surface area contributed by atoms with E-state index in [0.29, 0.717) is 17.4 Å². The molecule has 0 saturated carbocycles. The van der Waals surface area contributed by atoms with Gasteiger partial charge in [0.2, 0.25) is 5.91 Å². The van der Waals surface area contributed by atoms with E-state index in [9.17, 15) is 19.4 Å². The summed E-state index contributed by atoms with van der Waals surface area (Å²) in [5.41, 5.74) is 0. The standard InChI is InChI=1S/C57H107N2O6P/c1-6-8-10-12-14-16-17-18-19-20-21-22-23-24-25-26-27-28-29-30-31-32-33-34-35-36-37-38-39-40-41-43-45-47-49-51-57(61)58-55(54-65-66(62,63)64-53-52-59(3,4)5)56(60)50-48-46-44-42-15-13-11-9-7-2/h7,9,15,23-24,26-27,42,48,50,55-56,60H,6,8,10-14,16-22,25,28-41,43-47,49,51-54H2,1-5H3,(H-,58,61,62,63)/p+1/b9-7+,24-23-,27-26-,42-15+,50-48+. The van der Waals surface area contributed by atoms with Gasteiger partial charge in [-0.3, -0.25) is 13.8 Å². The summed E-state index contributed by atoms with van der Waals surface area (Å²) >= 11 is 0. The fraction of sp³-hybridized carbons (Fsp3) is 0.807. The van der Waals surface area contributed by atoms with Crippen LogP contribution in [-0.2, 0) is 18.4 Å². The van der Waals surface area contributed by atoms with Gasteiger partial charge in [0.05, 0.1) is 39.9 Å². The van der Waals surface area contributed by atoms with Crippen molar-refractivity contribution >= 4 is 13.7 Å². The molecule has 8 nitrogen and oxygen atoms in total. The van der Waals surface area contributed by atoms with E-state index < -0.39 is 20.0 Å². The molecule has 0 aliphatic heterocycles. The molecule has 0 spiro atoms. The van der Waals surface area contributed by atoms with Crippen LogP contribution in [0, 0.1) is 0 Å². The first kappa shape index (κ1) is 64.2. The predicted octanol–water partition coefficient (Wildman–Crippen LogP) is 16.5. The van der Waals surface area contributed by atoms with Crippen molar-refractivity contribution in [3.05, 3.63) is 60.8 Å². The molecule has 0 rings (SSSR count). The van der Waals surface area contributed by atoms with Gasteiger partial charge >= 0.3 is 7.82 Å². The normalized spacial score (nSPS) is 14.5. The second kappa shape index (κ2) is 48.2. The highest BCUT2D eigenvalue weighted by Crippen LogP contribution is 2.43. The van der Waals surface area contributed by atoms with Crippen LogP contribution in [0.3, 0.4) is 0 Å². The molecule has 0 aliphatic carbocycles. The number of amides is 1. The number of rotatable bonds is 50. The average Bonchev–Trinajstić information content (AvgIpc) is 3.28. The van der Waals surface area contributed by atoms with Crippen LogP contribution in [0.2, 0.25) is 0 Å². The van der Waals surface area contributed by atoms with Gasteiger partial charge < -0.3 is 19.8 Å². The van der Waals surface area contributed by atoms with Gasteiger partial charge in [-0.1, -0.05) is 228 Å². The highest BCUT2D eigenvalue weighted by atomic mass is 31.2. The third-order valence-electron chi connectivity index (χ3n) is 12.3. The van der Waals surface area contributed by atoms with Crippen LogP contribution in [0.1, 0.15) is 245 Å². The number of phosphoric acid groups is 1. The number of quaternary nitrogens is 1. The van der Waals surface area contributed by atoms with E-state index >= 15 is 0 Å². The first-order valence-corrected chi connectivity index (χ1v) is 29.1. The van der Waals surface area contributed by atoms with Crippen molar-refractivity contribution in [2.45, 2.75) is 257 Å². The fourth-order valence-electron chi connectivity index (χ4n) is 7.94. The van der Waals surface area contributed by atoms with E-state index in [2.05, 4.69) is 60.8 Å². The second-order valence-electron chi connectivity index (χ2n) is 20.0. The maximum atomic E-state index is 12.9. The summed E-state index contributed by atoms with van der Waals surface area (Å²) in [6.45, 7) is 4.56. The van der Waals surface area contributed by atoms with Crippen LogP contribution in [0.25, 0.3) is 0 Å². The Morgan fingerprint density at radius 1 is 0.545 bits per heavy atom. The number of carbonyl (C=O) groups is 1. The third-order valence-corrected chi connectivity index (χ3v) is 13.3. The van der Waals surface area contributed by atoms with E-state index in [1.54, 1.807) is 6.08 Å².